The zero-order valence-corrected chi connectivity index (χ0v) is 11.1. The minimum atomic E-state index is -0.0303. The number of amides is 1. The topological polar surface area (TPSA) is 47.6 Å². The Morgan fingerprint density at radius 2 is 2.16 bits per heavy atom. The summed E-state index contributed by atoms with van der Waals surface area (Å²) in [6.07, 6.45) is 6.80. The molecule has 1 aliphatic carbocycles. The van der Waals surface area contributed by atoms with Gasteiger partial charge in [-0.2, -0.15) is 0 Å². The van der Waals surface area contributed by atoms with E-state index in [4.69, 9.17) is 21.1 Å². The number of anilines is 1. The maximum Gasteiger partial charge on any atom is 0.231 e. The Kier molecular flexibility index (Phi) is 3.34. The summed E-state index contributed by atoms with van der Waals surface area (Å²) in [7, 11) is 0. The van der Waals surface area contributed by atoms with Crippen molar-refractivity contribution < 1.29 is 14.3 Å². The summed E-state index contributed by atoms with van der Waals surface area (Å²) in [6, 6.07) is 3.36. The van der Waals surface area contributed by atoms with Gasteiger partial charge in [0.2, 0.25) is 12.7 Å². The fourth-order valence-corrected chi connectivity index (χ4v) is 2.52. The van der Waals surface area contributed by atoms with Gasteiger partial charge in [-0.25, -0.2) is 0 Å². The number of hydrogen-bond acceptors (Lipinski definition) is 3. The van der Waals surface area contributed by atoms with Crippen LogP contribution in [0.15, 0.2) is 24.3 Å². The minimum absolute atomic E-state index is 0.0303. The second-order valence-corrected chi connectivity index (χ2v) is 5.11. The summed E-state index contributed by atoms with van der Waals surface area (Å²) < 4.78 is 10.5. The first kappa shape index (κ1) is 12.4. The van der Waals surface area contributed by atoms with Crippen LogP contribution in [0.5, 0.6) is 11.5 Å². The zero-order valence-electron chi connectivity index (χ0n) is 10.3. The summed E-state index contributed by atoms with van der Waals surface area (Å²) in [5, 5.41) is 3.28. The van der Waals surface area contributed by atoms with E-state index >= 15 is 0 Å². The molecule has 0 aromatic heterocycles. The van der Waals surface area contributed by atoms with Gasteiger partial charge < -0.3 is 14.8 Å². The summed E-state index contributed by atoms with van der Waals surface area (Å²) in [6.45, 7) is 0.190. The molecule has 0 fully saturated rings. The van der Waals surface area contributed by atoms with Crippen molar-refractivity contribution in [2.45, 2.75) is 19.3 Å². The van der Waals surface area contributed by atoms with Gasteiger partial charge in [-0.05, 0) is 18.8 Å². The van der Waals surface area contributed by atoms with Crippen LogP contribution in [0.25, 0.3) is 0 Å². The van der Waals surface area contributed by atoms with Gasteiger partial charge in [0, 0.05) is 18.6 Å². The van der Waals surface area contributed by atoms with Crippen LogP contribution < -0.4 is 14.8 Å². The van der Waals surface area contributed by atoms with Crippen LogP contribution in [0, 0.1) is 5.92 Å². The molecule has 0 saturated heterocycles. The number of benzene rings is 1. The number of halogens is 1. The highest BCUT2D eigenvalue weighted by molar-refractivity contribution is 6.34. The number of rotatable bonds is 3. The molecule has 0 bridgehead atoms. The van der Waals surface area contributed by atoms with E-state index in [0.717, 1.165) is 12.8 Å². The van der Waals surface area contributed by atoms with Crippen LogP contribution in [0.2, 0.25) is 5.02 Å². The molecule has 1 aliphatic heterocycles. The average Bonchev–Trinajstić information content (AvgIpc) is 3.00. The number of hydrogen-bond donors (Lipinski definition) is 1. The smallest absolute Gasteiger partial charge is 0.231 e. The zero-order chi connectivity index (χ0) is 13.2. The van der Waals surface area contributed by atoms with Crippen molar-refractivity contribution in [2.24, 2.45) is 5.92 Å². The molecule has 100 valence electrons. The second kappa shape index (κ2) is 5.13. The van der Waals surface area contributed by atoms with Gasteiger partial charge in [0.15, 0.2) is 11.5 Å². The lowest BCUT2D eigenvalue weighted by Crippen LogP contribution is -2.15. The van der Waals surface area contributed by atoms with Gasteiger partial charge in [0.05, 0.1) is 10.7 Å². The largest absolute Gasteiger partial charge is 0.454 e. The van der Waals surface area contributed by atoms with Crippen molar-refractivity contribution in [3.8, 4) is 11.5 Å². The van der Waals surface area contributed by atoms with Crippen LogP contribution in [0.1, 0.15) is 19.3 Å². The molecule has 2 aliphatic rings. The monoisotopic (exact) mass is 279 g/mol. The maximum absolute atomic E-state index is 11.9. The normalized spacial score (nSPS) is 19.7. The highest BCUT2D eigenvalue weighted by atomic mass is 35.5. The van der Waals surface area contributed by atoms with E-state index in [1.807, 2.05) is 0 Å². The SMILES string of the molecule is O=C(C[C@@H]1C=CCC1)Nc1cc2c(cc1Cl)OCO2. The summed E-state index contributed by atoms with van der Waals surface area (Å²) >= 11 is 6.10. The lowest BCUT2D eigenvalue weighted by atomic mass is 10.1. The third-order valence-electron chi connectivity index (χ3n) is 3.30. The first-order valence-corrected chi connectivity index (χ1v) is 6.66. The van der Waals surface area contributed by atoms with E-state index in [-0.39, 0.29) is 12.7 Å². The van der Waals surface area contributed by atoms with E-state index in [0.29, 0.717) is 34.5 Å². The quantitative estimate of drug-likeness (QED) is 0.863. The maximum atomic E-state index is 11.9. The molecule has 5 heteroatoms. The summed E-state index contributed by atoms with van der Waals surface area (Å²) in [4.78, 5) is 11.9. The Labute approximate surface area is 116 Å². The molecule has 1 aromatic rings. The van der Waals surface area contributed by atoms with Gasteiger partial charge in [0.25, 0.3) is 0 Å². The Balaban J connectivity index is 1.69. The Morgan fingerprint density at radius 3 is 2.89 bits per heavy atom. The van der Waals surface area contributed by atoms with Gasteiger partial charge in [-0.3, -0.25) is 4.79 Å². The van der Waals surface area contributed by atoms with Crippen LogP contribution in [-0.2, 0) is 4.79 Å². The number of carbonyl (C=O) groups excluding carboxylic acids is 1. The summed E-state index contributed by atoms with van der Waals surface area (Å²) in [5.41, 5.74) is 0.567. The molecule has 0 saturated carbocycles. The standard InChI is InChI=1S/C14H14ClNO3/c15-10-6-12-13(19-8-18-12)7-11(10)16-14(17)5-9-3-1-2-4-9/h1,3,6-7,9H,2,4-5,8H2,(H,16,17)/t9-/m1/s1. The van der Waals surface area contributed by atoms with E-state index in [9.17, 15) is 4.79 Å². The predicted octanol–water partition coefficient (Wildman–Crippen LogP) is 3.36. The first-order chi connectivity index (χ1) is 9.22. The van der Waals surface area contributed by atoms with E-state index in [1.54, 1.807) is 12.1 Å². The van der Waals surface area contributed by atoms with E-state index < -0.39 is 0 Å². The number of carbonyl (C=O) groups is 1. The third kappa shape index (κ3) is 2.68. The molecule has 1 atom stereocenters. The lowest BCUT2D eigenvalue weighted by Gasteiger charge is -2.10. The molecule has 1 heterocycles. The Morgan fingerprint density at radius 1 is 1.37 bits per heavy atom. The highest BCUT2D eigenvalue weighted by Crippen LogP contribution is 2.39. The number of allylic oxidation sites excluding steroid dienone is 2. The highest BCUT2D eigenvalue weighted by Gasteiger charge is 2.19. The second-order valence-electron chi connectivity index (χ2n) is 4.70. The van der Waals surface area contributed by atoms with Crippen LogP contribution in [0.3, 0.4) is 0 Å². The van der Waals surface area contributed by atoms with E-state index in [1.165, 1.54) is 0 Å². The molecule has 1 aromatic carbocycles. The van der Waals surface area contributed by atoms with Crippen molar-refractivity contribution in [1.29, 1.82) is 0 Å². The molecule has 4 nitrogen and oxygen atoms in total. The molecule has 19 heavy (non-hydrogen) atoms. The van der Waals surface area contributed by atoms with Crippen LogP contribution >= 0.6 is 11.6 Å². The third-order valence-corrected chi connectivity index (χ3v) is 3.61. The van der Waals surface area contributed by atoms with Gasteiger partial charge in [-0.1, -0.05) is 23.8 Å². The van der Waals surface area contributed by atoms with Crippen molar-refractivity contribution >= 4 is 23.2 Å². The van der Waals surface area contributed by atoms with Crippen molar-refractivity contribution in [3.05, 3.63) is 29.3 Å². The van der Waals surface area contributed by atoms with Crippen molar-refractivity contribution in [2.75, 3.05) is 12.1 Å². The molecule has 1 amide bonds. The molecule has 0 radical (unpaired) electrons. The molecule has 0 unspecified atom stereocenters. The van der Waals surface area contributed by atoms with Crippen molar-refractivity contribution in [1.82, 2.24) is 0 Å². The van der Waals surface area contributed by atoms with Gasteiger partial charge >= 0.3 is 0 Å². The predicted molar refractivity (Wildman–Crippen MR) is 72.7 cm³/mol. The summed E-state index contributed by atoms with van der Waals surface area (Å²) in [5.74, 6) is 1.53. The van der Waals surface area contributed by atoms with Gasteiger partial charge in [0.1, 0.15) is 0 Å². The minimum Gasteiger partial charge on any atom is -0.454 e. The Bertz CT molecular complexity index is 542. The molecule has 1 N–H and O–H groups in total. The van der Waals surface area contributed by atoms with Gasteiger partial charge in [-0.15, -0.1) is 0 Å². The lowest BCUT2D eigenvalue weighted by molar-refractivity contribution is -0.116. The fourth-order valence-electron chi connectivity index (χ4n) is 2.32. The van der Waals surface area contributed by atoms with E-state index in [2.05, 4.69) is 17.5 Å². The van der Waals surface area contributed by atoms with Crippen LogP contribution in [0.4, 0.5) is 5.69 Å². The fraction of sp³-hybridized carbons (Fsp3) is 0.357. The molecular formula is C14H14ClNO3. The molecular weight excluding hydrogens is 266 g/mol. The van der Waals surface area contributed by atoms with Crippen molar-refractivity contribution in [3.63, 3.8) is 0 Å². The molecule has 0 spiro atoms. The average molecular weight is 280 g/mol. The number of fused-ring (bicyclic) bond motifs is 1. The number of ether oxygens (including phenoxy) is 2. The van der Waals surface area contributed by atoms with Crippen LogP contribution in [-0.4, -0.2) is 12.7 Å². The first-order valence-electron chi connectivity index (χ1n) is 6.28. The number of nitrogens with one attached hydrogen (secondary N) is 1. The molecule has 3 rings (SSSR count). The Hall–Kier alpha value is -1.68.